The number of aromatic nitrogens is 4. The summed E-state index contributed by atoms with van der Waals surface area (Å²) in [5.41, 5.74) is 1.05. The fourth-order valence-electron chi connectivity index (χ4n) is 2.03. The standard InChI is InChI=1S/C12H10ClFN4O/c13-6-10-17-12-8(14)2-1-3-9(12)18(10)5-4-11-15-7-16-19-11/h1-3,7H,4-6H2. The van der Waals surface area contributed by atoms with E-state index in [0.717, 1.165) is 5.52 Å². The quantitative estimate of drug-likeness (QED) is 0.689. The molecular formula is C12H10ClFN4O. The number of nitrogens with zero attached hydrogens (tertiary/aromatic N) is 4. The van der Waals surface area contributed by atoms with E-state index in [-0.39, 0.29) is 11.7 Å². The molecule has 2 aromatic heterocycles. The number of halogens is 2. The topological polar surface area (TPSA) is 56.7 Å². The first-order valence-electron chi connectivity index (χ1n) is 5.74. The first-order valence-corrected chi connectivity index (χ1v) is 6.28. The summed E-state index contributed by atoms with van der Waals surface area (Å²) in [5, 5.41) is 3.54. The predicted molar refractivity (Wildman–Crippen MR) is 67.3 cm³/mol. The highest BCUT2D eigenvalue weighted by Gasteiger charge is 2.13. The van der Waals surface area contributed by atoms with Crippen LogP contribution < -0.4 is 0 Å². The van der Waals surface area contributed by atoms with Crippen molar-refractivity contribution in [2.75, 3.05) is 0 Å². The normalized spacial score (nSPS) is 11.3. The van der Waals surface area contributed by atoms with Gasteiger partial charge in [-0.15, -0.1) is 11.6 Å². The van der Waals surface area contributed by atoms with Crippen molar-refractivity contribution in [1.82, 2.24) is 19.7 Å². The summed E-state index contributed by atoms with van der Waals surface area (Å²) < 4.78 is 20.5. The van der Waals surface area contributed by atoms with Gasteiger partial charge < -0.3 is 9.09 Å². The van der Waals surface area contributed by atoms with Crippen LogP contribution >= 0.6 is 11.6 Å². The highest BCUT2D eigenvalue weighted by atomic mass is 35.5. The van der Waals surface area contributed by atoms with E-state index >= 15 is 0 Å². The number of hydrogen-bond acceptors (Lipinski definition) is 4. The molecule has 0 spiro atoms. The third-order valence-electron chi connectivity index (χ3n) is 2.88. The van der Waals surface area contributed by atoms with Gasteiger partial charge in [0.25, 0.3) is 0 Å². The SMILES string of the molecule is Fc1cccc2c1nc(CCl)n2CCc1ncno1. The van der Waals surface area contributed by atoms with Gasteiger partial charge in [-0.1, -0.05) is 11.2 Å². The van der Waals surface area contributed by atoms with Crippen LogP contribution in [0.4, 0.5) is 4.39 Å². The van der Waals surface area contributed by atoms with E-state index < -0.39 is 0 Å². The lowest BCUT2D eigenvalue weighted by atomic mass is 10.3. The predicted octanol–water partition coefficient (Wildman–Crippen LogP) is 2.54. The van der Waals surface area contributed by atoms with Gasteiger partial charge in [-0.3, -0.25) is 0 Å². The Hall–Kier alpha value is -1.95. The Kier molecular flexibility index (Phi) is 3.16. The number of hydrogen-bond donors (Lipinski definition) is 0. The largest absolute Gasteiger partial charge is 0.340 e. The van der Waals surface area contributed by atoms with E-state index in [4.69, 9.17) is 16.1 Å². The average Bonchev–Trinajstić information content (AvgIpc) is 3.03. The third kappa shape index (κ3) is 2.19. The van der Waals surface area contributed by atoms with E-state index in [2.05, 4.69) is 15.1 Å². The Morgan fingerprint density at radius 3 is 3.00 bits per heavy atom. The van der Waals surface area contributed by atoms with Crippen LogP contribution in [0.25, 0.3) is 11.0 Å². The number of para-hydroxylation sites is 1. The smallest absolute Gasteiger partial charge is 0.228 e. The summed E-state index contributed by atoms with van der Waals surface area (Å²) in [5.74, 6) is 1.03. The molecule has 0 atom stereocenters. The zero-order valence-corrected chi connectivity index (χ0v) is 10.6. The maximum Gasteiger partial charge on any atom is 0.228 e. The fourth-order valence-corrected chi connectivity index (χ4v) is 2.23. The van der Waals surface area contributed by atoms with E-state index in [0.29, 0.717) is 30.2 Å². The van der Waals surface area contributed by atoms with Crippen molar-refractivity contribution in [2.45, 2.75) is 18.8 Å². The summed E-state index contributed by atoms with van der Waals surface area (Å²) in [7, 11) is 0. The van der Waals surface area contributed by atoms with Crippen molar-refractivity contribution in [3.8, 4) is 0 Å². The van der Waals surface area contributed by atoms with Gasteiger partial charge in [0.1, 0.15) is 11.3 Å². The van der Waals surface area contributed by atoms with Crippen LogP contribution in [0.1, 0.15) is 11.7 Å². The number of rotatable bonds is 4. The maximum atomic E-state index is 13.7. The lowest BCUT2D eigenvalue weighted by molar-refractivity contribution is 0.371. The minimum Gasteiger partial charge on any atom is -0.340 e. The molecule has 0 aliphatic heterocycles. The molecule has 0 N–H and O–H groups in total. The average molecular weight is 281 g/mol. The molecule has 7 heteroatoms. The number of alkyl halides is 1. The van der Waals surface area contributed by atoms with Crippen LogP contribution in [-0.2, 0) is 18.8 Å². The van der Waals surface area contributed by atoms with Gasteiger partial charge in [0, 0.05) is 13.0 Å². The number of imidazole rings is 1. The highest BCUT2D eigenvalue weighted by molar-refractivity contribution is 6.16. The van der Waals surface area contributed by atoms with E-state index in [1.165, 1.54) is 12.4 Å². The Morgan fingerprint density at radius 2 is 2.26 bits per heavy atom. The van der Waals surface area contributed by atoms with Crippen molar-refractivity contribution in [3.05, 3.63) is 42.1 Å². The zero-order chi connectivity index (χ0) is 13.2. The second-order valence-corrected chi connectivity index (χ2v) is 4.27. The van der Waals surface area contributed by atoms with Gasteiger partial charge >= 0.3 is 0 Å². The molecule has 5 nitrogen and oxygen atoms in total. The van der Waals surface area contributed by atoms with Crippen LogP contribution in [0.5, 0.6) is 0 Å². The van der Waals surface area contributed by atoms with Gasteiger partial charge in [-0.25, -0.2) is 9.37 Å². The first-order chi connectivity index (χ1) is 9.29. The molecule has 0 aliphatic carbocycles. The molecule has 19 heavy (non-hydrogen) atoms. The molecule has 1 aromatic carbocycles. The Bertz CT molecular complexity index is 695. The van der Waals surface area contributed by atoms with E-state index in [9.17, 15) is 4.39 Å². The van der Waals surface area contributed by atoms with Gasteiger partial charge in [0.05, 0.1) is 11.4 Å². The molecule has 0 radical (unpaired) electrons. The number of fused-ring (bicyclic) bond motifs is 1. The summed E-state index contributed by atoms with van der Waals surface area (Å²) in [6.07, 6.45) is 1.90. The molecule has 0 fully saturated rings. The monoisotopic (exact) mass is 280 g/mol. The summed E-state index contributed by atoms with van der Waals surface area (Å²) in [6, 6.07) is 4.85. The van der Waals surface area contributed by atoms with Crippen LogP contribution in [0, 0.1) is 5.82 Å². The molecule has 0 saturated heterocycles. The Morgan fingerprint density at radius 1 is 1.37 bits per heavy atom. The minimum atomic E-state index is -0.347. The highest BCUT2D eigenvalue weighted by Crippen LogP contribution is 2.20. The Labute approximate surface area is 113 Å². The number of aryl methyl sites for hydroxylation is 2. The molecule has 3 aromatic rings. The molecule has 0 aliphatic rings. The fraction of sp³-hybridized carbons (Fsp3) is 0.250. The molecule has 0 amide bonds. The molecule has 2 heterocycles. The van der Waals surface area contributed by atoms with Gasteiger partial charge in [-0.2, -0.15) is 4.98 Å². The van der Waals surface area contributed by atoms with Crippen molar-refractivity contribution in [1.29, 1.82) is 0 Å². The summed E-state index contributed by atoms with van der Waals surface area (Å²) >= 11 is 5.86. The Balaban J connectivity index is 1.99. The van der Waals surface area contributed by atoms with Crippen LogP contribution in [0.3, 0.4) is 0 Å². The molecule has 0 bridgehead atoms. The number of benzene rings is 1. The van der Waals surface area contributed by atoms with Gasteiger partial charge in [0.15, 0.2) is 12.1 Å². The van der Waals surface area contributed by atoms with Crippen LogP contribution in [-0.4, -0.2) is 19.7 Å². The second-order valence-electron chi connectivity index (χ2n) is 4.01. The van der Waals surface area contributed by atoms with Crippen molar-refractivity contribution < 1.29 is 8.91 Å². The summed E-state index contributed by atoms with van der Waals surface area (Å²) in [6.45, 7) is 0.560. The molecule has 3 rings (SSSR count). The van der Waals surface area contributed by atoms with Gasteiger partial charge in [-0.05, 0) is 12.1 Å². The van der Waals surface area contributed by atoms with Crippen molar-refractivity contribution >= 4 is 22.6 Å². The maximum absolute atomic E-state index is 13.7. The lowest BCUT2D eigenvalue weighted by Gasteiger charge is -2.05. The second kappa shape index (κ2) is 4.97. The molecule has 98 valence electrons. The van der Waals surface area contributed by atoms with Gasteiger partial charge in [0.2, 0.25) is 5.89 Å². The zero-order valence-electron chi connectivity index (χ0n) is 9.88. The van der Waals surface area contributed by atoms with Crippen LogP contribution in [0.15, 0.2) is 29.0 Å². The first kappa shape index (κ1) is 12.1. The third-order valence-corrected chi connectivity index (χ3v) is 3.12. The molecular weight excluding hydrogens is 271 g/mol. The van der Waals surface area contributed by atoms with Crippen molar-refractivity contribution in [3.63, 3.8) is 0 Å². The van der Waals surface area contributed by atoms with E-state index in [1.54, 1.807) is 6.07 Å². The lowest BCUT2D eigenvalue weighted by Crippen LogP contribution is -2.05. The minimum absolute atomic E-state index is 0.220. The van der Waals surface area contributed by atoms with Crippen LogP contribution in [0.2, 0.25) is 0 Å². The van der Waals surface area contributed by atoms with Crippen molar-refractivity contribution in [2.24, 2.45) is 0 Å². The molecule has 0 saturated carbocycles. The van der Waals surface area contributed by atoms with E-state index in [1.807, 2.05) is 10.6 Å². The summed E-state index contributed by atoms with van der Waals surface area (Å²) in [4.78, 5) is 8.17. The molecule has 0 unspecified atom stereocenters.